The number of carbonyl (C=O) groups is 2. The summed E-state index contributed by atoms with van der Waals surface area (Å²) in [5, 5.41) is 0. The predicted octanol–water partition coefficient (Wildman–Crippen LogP) is 3.58. The molecule has 1 unspecified atom stereocenters. The number of aliphatic imine (C=N–C) groups is 1. The summed E-state index contributed by atoms with van der Waals surface area (Å²) in [4.78, 5) is 34.6. The van der Waals surface area contributed by atoms with E-state index >= 15 is 0 Å². The topological polar surface area (TPSA) is 53.0 Å². The van der Waals surface area contributed by atoms with Crippen LogP contribution in [-0.4, -0.2) is 52.6 Å². The number of carbonyl (C=O) groups excluding carboxylic acids is 2. The largest absolute Gasteiger partial charge is 0.342 e. The quantitative estimate of drug-likeness (QED) is 0.768. The number of nitrogens with zero attached hydrogens (tertiary/aromatic N) is 3. The van der Waals surface area contributed by atoms with Gasteiger partial charge < -0.3 is 4.90 Å². The standard InChI is InChI=1S/C24H31N3O2/c1-16(2)18-5-7-19(8-6-18)21-25-24(11-12-24)23(29)27(21)15-17-4-3-13-26(14-17)22(28)20-9-10-20/h5-8,16-17,20H,3-4,9-15H2,1-2H3. The Bertz CT molecular complexity index is 849. The highest BCUT2D eigenvalue weighted by molar-refractivity contribution is 6.16. The van der Waals surface area contributed by atoms with Crippen LogP contribution in [-0.2, 0) is 9.59 Å². The molecule has 0 N–H and O–H groups in total. The summed E-state index contributed by atoms with van der Waals surface area (Å²) < 4.78 is 0. The van der Waals surface area contributed by atoms with E-state index in [2.05, 4.69) is 38.1 Å². The molecule has 2 saturated carbocycles. The predicted molar refractivity (Wildman–Crippen MR) is 113 cm³/mol. The molecule has 2 aliphatic carbocycles. The molecular formula is C24H31N3O2. The van der Waals surface area contributed by atoms with Gasteiger partial charge in [0.15, 0.2) is 0 Å². The fourth-order valence-corrected chi connectivity index (χ4v) is 4.77. The summed E-state index contributed by atoms with van der Waals surface area (Å²) in [5.74, 6) is 2.44. The maximum absolute atomic E-state index is 13.2. The highest BCUT2D eigenvalue weighted by atomic mass is 16.2. The second-order valence-electron chi connectivity index (χ2n) is 9.73. The lowest BCUT2D eigenvalue weighted by atomic mass is 9.96. The highest BCUT2D eigenvalue weighted by Gasteiger charge is 2.57. The Labute approximate surface area is 173 Å². The number of amidine groups is 1. The van der Waals surface area contributed by atoms with Crippen LogP contribution in [0.1, 0.15) is 69.4 Å². The summed E-state index contributed by atoms with van der Waals surface area (Å²) in [6.07, 6.45) is 5.95. The summed E-state index contributed by atoms with van der Waals surface area (Å²) in [5.41, 5.74) is 1.85. The first-order valence-corrected chi connectivity index (χ1v) is 11.3. The molecule has 5 rings (SSSR count). The van der Waals surface area contributed by atoms with Gasteiger partial charge in [-0.15, -0.1) is 0 Å². The number of hydrogen-bond donors (Lipinski definition) is 0. The Kier molecular flexibility index (Phi) is 4.52. The van der Waals surface area contributed by atoms with E-state index in [0.29, 0.717) is 24.3 Å². The molecule has 2 heterocycles. The Balaban J connectivity index is 1.34. The smallest absolute Gasteiger partial charge is 0.256 e. The Hall–Kier alpha value is -2.17. The van der Waals surface area contributed by atoms with E-state index in [0.717, 1.165) is 63.0 Å². The SMILES string of the molecule is CC(C)c1ccc(C2=NC3(CC3)C(=O)N2CC2CCCN(C(=O)C3CC3)C2)cc1. The molecule has 1 aromatic carbocycles. The molecule has 5 nitrogen and oxygen atoms in total. The van der Waals surface area contributed by atoms with Gasteiger partial charge in [0.25, 0.3) is 5.91 Å². The third-order valence-corrected chi connectivity index (χ3v) is 6.98. The molecule has 5 heteroatoms. The molecule has 1 atom stereocenters. The zero-order valence-electron chi connectivity index (χ0n) is 17.6. The van der Waals surface area contributed by atoms with Crippen molar-refractivity contribution in [2.24, 2.45) is 16.8 Å². The summed E-state index contributed by atoms with van der Waals surface area (Å²) >= 11 is 0. The number of hydrogen-bond acceptors (Lipinski definition) is 3. The van der Waals surface area contributed by atoms with Gasteiger partial charge in [-0.05, 0) is 55.9 Å². The summed E-state index contributed by atoms with van der Waals surface area (Å²) in [6, 6.07) is 8.53. The van der Waals surface area contributed by atoms with E-state index in [4.69, 9.17) is 4.99 Å². The Morgan fingerprint density at radius 2 is 1.90 bits per heavy atom. The highest BCUT2D eigenvalue weighted by Crippen LogP contribution is 2.46. The molecule has 1 saturated heterocycles. The normalized spacial score (nSPS) is 25.7. The van der Waals surface area contributed by atoms with Crippen LogP contribution in [0.2, 0.25) is 0 Å². The van der Waals surface area contributed by atoms with Crippen molar-refractivity contribution >= 4 is 17.6 Å². The number of rotatable bonds is 5. The van der Waals surface area contributed by atoms with Crippen molar-refractivity contribution in [3.63, 3.8) is 0 Å². The molecule has 1 spiro atoms. The maximum Gasteiger partial charge on any atom is 0.256 e. The van der Waals surface area contributed by atoms with Gasteiger partial charge in [-0.2, -0.15) is 0 Å². The first kappa shape index (κ1) is 18.8. The average molecular weight is 394 g/mol. The van der Waals surface area contributed by atoms with Crippen molar-refractivity contribution in [2.75, 3.05) is 19.6 Å². The Morgan fingerprint density at radius 3 is 2.52 bits per heavy atom. The molecule has 3 fully saturated rings. The zero-order chi connectivity index (χ0) is 20.2. The van der Waals surface area contributed by atoms with E-state index in [1.807, 2.05) is 9.80 Å². The Morgan fingerprint density at radius 1 is 1.17 bits per heavy atom. The van der Waals surface area contributed by atoms with Crippen molar-refractivity contribution in [3.05, 3.63) is 35.4 Å². The van der Waals surface area contributed by atoms with Gasteiger partial charge in [0.05, 0.1) is 0 Å². The van der Waals surface area contributed by atoms with Gasteiger partial charge in [-0.1, -0.05) is 38.1 Å². The van der Waals surface area contributed by atoms with Crippen LogP contribution >= 0.6 is 0 Å². The first-order chi connectivity index (χ1) is 14.0. The van der Waals surface area contributed by atoms with Crippen molar-refractivity contribution in [1.82, 2.24) is 9.80 Å². The minimum Gasteiger partial charge on any atom is -0.342 e. The van der Waals surface area contributed by atoms with E-state index in [1.165, 1.54) is 5.56 Å². The molecule has 0 aromatic heterocycles. The molecule has 0 radical (unpaired) electrons. The van der Waals surface area contributed by atoms with Gasteiger partial charge in [-0.25, -0.2) is 0 Å². The monoisotopic (exact) mass is 393 g/mol. The third kappa shape index (κ3) is 3.49. The number of benzene rings is 1. The maximum atomic E-state index is 13.2. The third-order valence-electron chi connectivity index (χ3n) is 6.98. The molecule has 2 amide bonds. The van der Waals surface area contributed by atoms with Crippen LogP contribution in [0.5, 0.6) is 0 Å². The van der Waals surface area contributed by atoms with Crippen LogP contribution in [0, 0.1) is 11.8 Å². The number of likely N-dealkylation sites (tertiary alicyclic amines) is 1. The van der Waals surface area contributed by atoms with Gasteiger partial charge in [0, 0.05) is 31.1 Å². The van der Waals surface area contributed by atoms with Crippen molar-refractivity contribution in [1.29, 1.82) is 0 Å². The second-order valence-corrected chi connectivity index (χ2v) is 9.73. The van der Waals surface area contributed by atoms with E-state index in [9.17, 15) is 9.59 Å². The van der Waals surface area contributed by atoms with E-state index in [-0.39, 0.29) is 11.8 Å². The van der Waals surface area contributed by atoms with Crippen molar-refractivity contribution in [3.8, 4) is 0 Å². The van der Waals surface area contributed by atoms with Crippen LogP contribution in [0.15, 0.2) is 29.3 Å². The van der Waals surface area contributed by atoms with Crippen LogP contribution < -0.4 is 0 Å². The molecule has 2 aliphatic heterocycles. The summed E-state index contributed by atoms with van der Waals surface area (Å²) in [6.45, 7) is 6.72. The van der Waals surface area contributed by atoms with E-state index in [1.54, 1.807) is 0 Å². The zero-order valence-corrected chi connectivity index (χ0v) is 17.6. The van der Waals surface area contributed by atoms with Gasteiger partial charge in [0.1, 0.15) is 11.4 Å². The van der Waals surface area contributed by atoms with Gasteiger partial charge in [-0.3, -0.25) is 19.5 Å². The van der Waals surface area contributed by atoms with Crippen LogP contribution in [0.25, 0.3) is 0 Å². The first-order valence-electron chi connectivity index (χ1n) is 11.3. The van der Waals surface area contributed by atoms with Gasteiger partial charge >= 0.3 is 0 Å². The van der Waals surface area contributed by atoms with Gasteiger partial charge in [0.2, 0.25) is 5.91 Å². The second kappa shape index (κ2) is 6.96. The lowest BCUT2D eigenvalue weighted by Crippen LogP contribution is -2.46. The summed E-state index contributed by atoms with van der Waals surface area (Å²) in [7, 11) is 0. The lowest BCUT2D eigenvalue weighted by molar-refractivity contribution is -0.134. The molecule has 154 valence electrons. The molecule has 4 aliphatic rings. The fraction of sp³-hybridized carbons (Fsp3) is 0.625. The fourth-order valence-electron chi connectivity index (χ4n) is 4.77. The van der Waals surface area contributed by atoms with Crippen molar-refractivity contribution in [2.45, 2.75) is 63.8 Å². The van der Waals surface area contributed by atoms with Crippen LogP contribution in [0.4, 0.5) is 0 Å². The average Bonchev–Trinajstić information content (AvgIpc) is 3.64. The van der Waals surface area contributed by atoms with Crippen molar-refractivity contribution < 1.29 is 9.59 Å². The minimum absolute atomic E-state index is 0.172. The minimum atomic E-state index is -0.482. The molecule has 29 heavy (non-hydrogen) atoms. The molecule has 1 aromatic rings. The number of piperidine rings is 1. The van der Waals surface area contributed by atoms with Crippen LogP contribution in [0.3, 0.4) is 0 Å². The molecule has 0 bridgehead atoms. The number of amides is 2. The lowest BCUT2D eigenvalue weighted by Gasteiger charge is -2.35. The molecular weight excluding hydrogens is 362 g/mol. The van der Waals surface area contributed by atoms with E-state index < -0.39 is 5.54 Å².